The number of anilines is 2. The van der Waals surface area contributed by atoms with Gasteiger partial charge in [-0.2, -0.15) is 0 Å². The Kier molecular flexibility index (Phi) is 10.3. The van der Waals surface area contributed by atoms with Crippen LogP contribution in [0.4, 0.5) is 16.3 Å². The normalized spacial score (nSPS) is 14.2. The standard InChI is InChI=1S/C25H32BrN5O2S/c1-25(30-24(32)33)11-15-31(16-12-25)22-18-29-23(19-28-22)34-21-10-8-9-20(17-21)27-14-7-5-3-2-4-6-13-26/h8-12,15-19,27,30H,2-7,13-14H2,1H3,(H,32,33). The lowest BCUT2D eigenvalue weighted by Gasteiger charge is -2.28. The van der Waals surface area contributed by atoms with E-state index in [9.17, 15) is 4.79 Å². The summed E-state index contributed by atoms with van der Waals surface area (Å²) < 4.78 is 0. The third kappa shape index (κ3) is 8.68. The van der Waals surface area contributed by atoms with Crippen molar-refractivity contribution in [2.45, 2.75) is 60.9 Å². The first kappa shape index (κ1) is 26.1. The summed E-state index contributed by atoms with van der Waals surface area (Å²) in [7, 11) is 0. The number of rotatable bonds is 13. The molecule has 0 aliphatic carbocycles. The van der Waals surface area contributed by atoms with Crippen LogP contribution in [0.15, 0.2) is 71.1 Å². The van der Waals surface area contributed by atoms with E-state index >= 15 is 0 Å². The molecule has 0 saturated heterocycles. The van der Waals surface area contributed by atoms with Crippen LogP contribution >= 0.6 is 27.7 Å². The predicted molar refractivity (Wildman–Crippen MR) is 143 cm³/mol. The molecule has 2 aromatic rings. The van der Waals surface area contributed by atoms with Gasteiger partial charge in [0.05, 0.1) is 17.9 Å². The fourth-order valence-electron chi connectivity index (χ4n) is 3.49. The minimum absolute atomic E-state index is 0.664. The molecular weight excluding hydrogens is 514 g/mol. The second-order valence-electron chi connectivity index (χ2n) is 8.33. The Balaban J connectivity index is 1.46. The maximum Gasteiger partial charge on any atom is 0.405 e. The van der Waals surface area contributed by atoms with Gasteiger partial charge in [0.25, 0.3) is 0 Å². The summed E-state index contributed by atoms with van der Waals surface area (Å²) in [6.45, 7) is 2.77. The highest BCUT2D eigenvalue weighted by Crippen LogP contribution is 2.29. The van der Waals surface area contributed by atoms with Gasteiger partial charge < -0.3 is 20.6 Å². The highest BCUT2D eigenvalue weighted by atomic mass is 79.9. The summed E-state index contributed by atoms with van der Waals surface area (Å²) in [6, 6.07) is 8.36. The first-order valence-corrected chi connectivity index (χ1v) is 13.5. The zero-order chi connectivity index (χ0) is 24.2. The van der Waals surface area contributed by atoms with Crippen molar-refractivity contribution < 1.29 is 9.90 Å². The zero-order valence-corrected chi connectivity index (χ0v) is 21.8. The Labute approximate surface area is 214 Å². The second kappa shape index (κ2) is 13.4. The van der Waals surface area contributed by atoms with Crippen molar-refractivity contribution in [3.63, 3.8) is 0 Å². The SMILES string of the molecule is CC1(NC(=O)O)C=CN(c2cnc(Sc3cccc(NCCCCCCCCBr)c3)cn2)C=C1. The average molecular weight is 547 g/mol. The number of halogens is 1. The largest absolute Gasteiger partial charge is 0.465 e. The molecule has 0 saturated carbocycles. The van der Waals surface area contributed by atoms with Crippen molar-refractivity contribution in [2.24, 2.45) is 0 Å². The monoisotopic (exact) mass is 545 g/mol. The van der Waals surface area contributed by atoms with E-state index in [1.165, 1.54) is 38.5 Å². The number of carboxylic acid groups (broad SMARTS) is 1. The zero-order valence-electron chi connectivity index (χ0n) is 19.4. The summed E-state index contributed by atoms with van der Waals surface area (Å²) >= 11 is 5.05. The van der Waals surface area contributed by atoms with Crippen LogP contribution in [-0.4, -0.2) is 38.6 Å². The van der Waals surface area contributed by atoms with Gasteiger partial charge in [-0.25, -0.2) is 14.8 Å². The molecule has 1 aliphatic heterocycles. The van der Waals surface area contributed by atoms with Gasteiger partial charge in [0.15, 0.2) is 5.82 Å². The van der Waals surface area contributed by atoms with E-state index in [1.54, 1.807) is 60.5 Å². The smallest absolute Gasteiger partial charge is 0.405 e. The van der Waals surface area contributed by atoms with E-state index in [0.717, 1.165) is 27.5 Å². The number of amides is 1. The molecule has 0 atom stereocenters. The summed E-state index contributed by atoms with van der Waals surface area (Å²) in [5.41, 5.74) is 0.382. The Morgan fingerprint density at radius 3 is 2.50 bits per heavy atom. The number of hydrogen-bond acceptors (Lipinski definition) is 6. The average Bonchev–Trinajstić information content (AvgIpc) is 2.81. The lowest BCUT2D eigenvalue weighted by Crippen LogP contribution is -2.43. The number of carbonyl (C=O) groups is 1. The number of hydrogen-bond donors (Lipinski definition) is 3. The number of nitrogens with one attached hydrogen (secondary N) is 2. The molecule has 1 aromatic heterocycles. The molecule has 34 heavy (non-hydrogen) atoms. The van der Waals surface area contributed by atoms with Crippen molar-refractivity contribution in [2.75, 3.05) is 22.1 Å². The molecule has 2 heterocycles. The molecular formula is C25H32BrN5O2S. The molecule has 0 unspecified atom stereocenters. The van der Waals surface area contributed by atoms with Gasteiger partial charge in [0, 0.05) is 34.9 Å². The molecule has 1 aliphatic rings. The van der Waals surface area contributed by atoms with E-state index in [2.05, 4.69) is 60.8 Å². The van der Waals surface area contributed by atoms with Gasteiger partial charge in [-0.1, -0.05) is 59.4 Å². The molecule has 182 valence electrons. The third-order valence-electron chi connectivity index (χ3n) is 5.36. The molecule has 3 N–H and O–H groups in total. The van der Waals surface area contributed by atoms with Crippen LogP contribution in [0, 0.1) is 0 Å². The van der Waals surface area contributed by atoms with Crippen LogP contribution in [-0.2, 0) is 0 Å². The summed E-state index contributed by atoms with van der Waals surface area (Å²) in [5.74, 6) is 0.664. The van der Waals surface area contributed by atoms with E-state index in [4.69, 9.17) is 5.11 Å². The Hall–Kier alpha value is -2.52. The number of unbranched alkanes of at least 4 members (excludes halogenated alkanes) is 5. The van der Waals surface area contributed by atoms with Crippen LogP contribution < -0.4 is 15.5 Å². The van der Waals surface area contributed by atoms with Crippen LogP contribution in [0.2, 0.25) is 0 Å². The van der Waals surface area contributed by atoms with Crippen molar-refractivity contribution in [1.82, 2.24) is 15.3 Å². The van der Waals surface area contributed by atoms with Crippen molar-refractivity contribution in [1.29, 1.82) is 0 Å². The molecule has 1 aromatic carbocycles. The fourth-order valence-corrected chi connectivity index (χ4v) is 4.67. The Morgan fingerprint density at radius 1 is 1.09 bits per heavy atom. The topological polar surface area (TPSA) is 90.4 Å². The quantitative estimate of drug-likeness (QED) is 0.191. The van der Waals surface area contributed by atoms with Gasteiger partial charge in [0.1, 0.15) is 5.03 Å². The van der Waals surface area contributed by atoms with Gasteiger partial charge in [-0.05, 0) is 50.1 Å². The molecule has 9 heteroatoms. The maximum absolute atomic E-state index is 10.9. The van der Waals surface area contributed by atoms with Crippen LogP contribution in [0.1, 0.15) is 45.4 Å². The Bertz CT molecular complexity index is 970. The summed E-state index contributed by atoms with van der Waals surface area (Å²) in [4.78, 5) is 22.9. The van der Waals surface area contributed by atoms with E-state index < -0.39 is 11.6 Å². The Morgan fingerprint density at radius 2 is 1.82 bits per heavy atom. The van der Waals surface area contributed by atoms with Gasteiger partial charge in [0.2, 0.25) is 0 Å². The van der Waals surface area contributed by atoms with Gasteiger partial charge in [-0.3, -0.25) is 0 Å². The van der Waals surface area contributed by atoms with Crippen molar-refractivity contribution >= 4 is 45.3 Å². The van der Waals surface area contributed by atoms with E-state index in [0.29, 0.717) is 5.82 Å². The van der Waals surface area contributed by atoms with Gasteiger partial charge >= 0.3 is 6.09 Å². The third-order valence-corrected chi connectivity index (χ3v) is 6.83. The van der Waals surface area contributed by atoms with Crippen molar-refractivity contribution in [3.05, 3.63) is 61.2 Å². The van der Waals surface area contributed by atoms with Crippen molar-refractivity contribution in [3.8, 4) is 0 Å². The number of aromatic nitrogens is 2. The van der Waals surface area contributed by atoms with Crippen LogP contribution in [0.3, 0.4) is 0 Å². The number of alkyl halides is 1. The maximum atomic E-state index is 10.9. The van der Waals surface area contributed by atoms with E-state index in [1.807, 2.05) is 0 Å². The first-order valence-electron chi connectivity index (χ1n) is 11.6. The molecule has 0 bridgehead atoms. The molecule has 0 spiro atoms. The minimum atomic E-state index is -1.07. The minimum Gasteiger partial charge on any atom is -0.465 e. The molecule has 7 nitrogen and oxygen atoms in total. The van der Waals surface area contributed by atoms with Gasteiger partial charge in [-0.15, -0.1) is 0 Å². The number of nitrogens with zero attached hydrogens (tertiary/aromatic N) is 3. The molecule has 3 rings (SSSR count). The predicted octanol–water partition coefficient (Wildman–Crippen LogP) is 6.65. The van der Waals surface area contributed by atoms with E-state index in [-0.39, 0.29) is 0 Å². The first-order chi connectivity index (χ1) is 16.5. The summed E-state index contributed by atoms with van der Waals surface area (Å²) in [6.07, 6.45) is 17.2. The fraction of sp³-hybridized carbons (Fsp3) is 0.400. The number of benzene rings is 1. The lowest BCUT2D eigenvalue weighted by molar-refractivity contribution is 0.189. The highest BCUT2D eigenvalue weighted by Gasteiger charge is 2.23. The molecule has 0 radical (unpaired) electrons. The molecule has 1 amide bonds. The second-order valence-corrected chi connectivity index (χ2v) is 10.2. The molecule has 0 fully saturated rings. The van der Waals surface area contributed by atoms with Crippen LogP contribution in [0.5, 0.6) is 0 Å². The van der Waals surface area contributed by atoms with Crippen LogP contribution in [0.25, 0.3) is 0 Å². The summed E-state index contributed by atoms with van der Waals surface area (Å²) in [5, 5.41) is 16.9. The highest BCUT2D eigenvalue weighted by molar-refractivity contribution is 9.09. The lowest BCUT2D eigenvalue weighted by atomic mass is 10.0.